The summed E-state index contributed by atoms with van der Waals surface area (Å²) in [7, 11) is 0. The van der Waals surface area contributed by atoms with Gasteiger partial charge in [-0.3, -0.25) is 9.59 Å². The van der Waals surface area contributed by atoms with E-state index in [0.29, 0.717) is 0 Å². The molecule has 0 spiro atoms. The monoisotopic (exact) mass is 707 g/mol. The highest BCUT2D eigenvalue weighted by molar-refractivity contribution is 5.90. The molecule has 0 aromatic rings. The molecule has 2 fully saturated rings. The predicted molar refractivity (Wildman–Crippen MR) is 195 cm³/mol. The number of hydrogen-bond acceptors (Lipinski definition) is 9. The van der Waals surface area contributed by atoms with Gasteiger partial charge in [0.05, 0.1) is 30.5 Å². The summed E-state index contributed by atoms with van der Waals surface area (Å²) >= 11 is 0. The summed E-state index contributed by atoms with van der Waals surface area (Å²) in [5.74, 6) is -0.617. The molecule has 50 heavy (non-hydrogen) atoms. The zero-order valence-electron chi connectivity index (χ0n) is 31.9. The molecule has 0 aromatic heterocycles. The largest absolute Gasteiger partial charge is 0.463 e. The van der Waals surface area contributed by atoms with Crippen LogP contribution in [0.3, 0.4) is 0 Å². The Hall–Kier alpha value is -1.97. The summed E-state index contributed by atoms with van der Waals surface area (Å²) in [5.41, 5.74) is 0.856. The average Bonchev–Trinajstić information content (AvgIpc) is 3.83. The van der Waals surface area contributed by atoms with Crippen LogP contribution < -0.4 is 0 Å². The number of hydrogen-bond donors (Lipinski definition) is 1. The van der Waals surface area contributed by atoms with Gasteiger partial charge in [0.2, 0.25) is 0 Å². The second-order valence-electron chi connectivity index (χ2n) is 15.2. The first-order chi connectivity index (χ1) is 24.2. The predicted octanol–water partition coefficient (Wildman–Crippen LogP) is 9.00. The number of aliphatic hydroxyl groups excluding tert-OH is 1. The lowest BCUT2D eigenvalue weighted by Gasteiger charge is -2.26. The van der Waals surface area contributed by atoms with Gasteiger partial charge < -0.3 is 28.8 Å². The minimum atomic E-state index is -0.432. The average molecular weight is 707 g/mol. The zero-order valence-corrected chi connectivity index (χ0v) is 31.9. The van der Waals surface area contributed by atoms with Crippen LogP contribution >= 0.6 is 0 Å². The van der Waals surface area contributed by atoms with Crippen LogP contribution in [0.15, 0.2) is 11.6 Å². The van der Waals surface area contributed by atoms with Gasteiger partial charge in [-0.05, 0) is 90.0 Å². The fourth-order valence-electron chi connectivity index (χ4n) is 7.92. The number of carbonyl (C=O) groups is 3. The maximum atomic E-state index is 11.9. The molecule has 3 aliphatic rings. The van der Waals surface area contributed by atoms with E-state index in [0.717, 1.165) is 115 Å². The lowest BCUT2D eigenvalue weighted by molar-refractivity contribution is -0.158. The topological polar surface area (TPSA) is 118 Å². The molecule has 0 bridgehead atoms. The van der Waals surface area contributed by atoms with Crippen LogP contribution in [0.25, 0.3) is 0 Å². The highest BCUT2D eigenvalue weighted by atomic mass is 16.6. The van der Waals surface area contributed by atoms with Crippen LogP contribution in [0.4, 0.5) is 0 Å². The molecule has 3 rings (SSSR count). The van der Waals surface area contributed by atoms with Crippen molar-refractivity contribution in [2.75, 3.05) is 0 Å². The number of cyclic esters (lactones) is 1. The van der Waals surface area contributed by atoms with Crippen LogP contribution in [0.2, 0.25) is 0 Å². The minimum absolute atomic E-state index is 0.00707. The van der Waals surface area contributed by atoms with Crippen molar-refractivity contribution in [3.63, 3.8) is 0 Å². The van der Waals surface area contributed by atoms with Gasteiger partial charge >= 0.3 is 17.9 Å². The highest BCUT2D eigenvalue weighted by Crippen LogP contribution is 2.35. The third-order valence-electron chi connectivity index (χ3n) is 10.7. The highest BCUT2D eigenvalue weighted by Gasteiger charge is 2.41. The summed E-state index contributed by atoms with van der Waals surface area (Å²) in [5, 5.41) is 10.9. The second kappa shape index (κ2) is 24.3. The third kappa shape index (κ3) is 16.6. The van der Waals surface area contributed by atoms with E-state index in [-0.39, 0.29) is 60.6 Å². The molecule has 0 amide bonds. The van der Waals surface area contributed by atoms with E-state index in [1.54, 1.807) is 0 Å². The number of esters is 3. The van der Waals surface area contributed by atoms with Gasteiger partial charge in [0.1, 0.15) is 18.3 Å². The van der Waals surface area contributed by atoms with E-state index in [1.165, 1.54) is 58.8 Å². The van der Waals surface area contributed by atoms with Crippen molar-refractivity contribution in [1.29, 1.82) is 0 Å². The number of aliphatic hydroxyl groups is 1. The first kappa shape index (κ1) is 42.4. The van der Waals surface area contributed by atoms with Crippen LogP contribution in [0.1, 0.15) is 182 Å². The van der Waals surface area contributed by atoms with Crippen LogP contribution in [0.5, 0.6) is 0 Å². The number of rotatable bonds is 27. The van der Waals surface area contributed by atoms with E-state index < -0.39 is 6.10 Å². The summed E-state index contributed by atoms with van der Waals surface area (Å²) in [6.07, 6.45) is 25.5. The Labute approximate surface area is 302 Å². The zero-order chi connectivity index (χ0) is 36.1. The molecule has 0 aliphatic carbocycles. The smallest absolute Gasteiger partial charge is 0.334 e. The standard InChI is InChI=1S/C41H70O9/c1-5-6-21-34(47-31(3)42)22-17-15-19-24-37(48-32(4)43)38-27-28-40(50-38)39-26-25-36(49-39)35(44)23-18-14-12-10-8-7-9-11-13-16-20-33-29-30(2)46-41(33)45/h29-30,34-40,44H,5-28H2,1-4H3/t30-,34-,35+,36+,37-,38+,39+,40+/m1/s1. The first-order valence-corrected chi connectivity index (χ1v) is 20.4. The molecule has 0 radical (unpaired) electrons. The van der Waals surface area contributed by atoms with E-state index in [4.69, 9.17) is 23.7 Å². The second-order valence-corrected chi connectivity index (χ2v) is 15.2. The molecular formula is C41H70O9. The Morgan fingerprint density at radius 3 is 1.84 bits per heavy atom. The van der Waals surface area contributed by atoms with Gasteiger partial charge in [-0.2, -0.15) is 0 Å². The normalized spacial score (nSPS) is 25.3. The summed E-state index contributed by atoms with van der Waals surface area (Å²) < 4.78 is 29.2. The van der Waals surface area contributed by atoms with Crippen LogP contribution in [0, 0.1) is 0 Å². The molecule has 0 saturated carbocycles. The fourth-order valence-corrected chi connectivity index (χ4v) is 7.92. The third-order valence-corrected chi connectivity index (χ3v) is 10.7. The van der Waals surface area contributed by atoms with Crippen molar-refractivity contribution < 1.29 is 43.2 Å². The fraction of sp³-hybridized carbons (Fsp3) is 0.878. The number of carbonyl (C=O) groups excluding carboxylic acids is 3. The Morgan fingerprint density at radius 1 is 0.720 bits per heavy atom. The molecule has 9 nitrogen and oxygen atoms in total. The van der Waals surface area contributed by atoms with E-state index >= 15 is 0 Å². The Bertz CT molecular complexity index is 1010. The summed E-state index contributed by atoms with van der Waals surface area (Å²) in [4.78, 5) is 35.0. The first-order valence-electron chi connectivity index (χ1n) is 20.4. The maximum Gasteiger partial charge on any atom is 0.334 e. The van der Waals surface area contributed by atoms with E-state index in [2.05, 4.69) is 6.92 Å². The lowest BCUT2D eigenvalue weighted by atomic mass is 10.00. The van der Waals surface area contributed by atoms with Crippen molar-refractivity contribution in [2.24, 2.45) is 0 Å². The van der Waals surface area contributed by atoms with Gasteiger partial charge in [-0.15, -0.1) is 0 Å². The van der Waals surface area contributed by atoms with Gasteiger partial charge in [0.25, 0.3) is 0 Å². The van der Waals surface area contributed by atoms with E-state index in [9.17, 15) is 19.5 Å². The van der Waals surface area contributed by atoms with Gasteiger partial charge in [0, 0.05) is 19.4 Å². The van der Waals surface area contributed by atoms with Crippen molar-refractivity contribution in [1.82, 2.24) is 0 Å². The molecule has 2 saturated heterocycles. The molecule has 288 valence electrons. The molecule has 0 aromatic carbocycles. The number of ether oxygens (including phenoxy) is 5. The van der Waals surface area contributed by atoms with E-state index in [1.807, 2.05) is 13.0 Å². The van der Waals surface area contributed by atoms with Crippen LogP contribution in [-0.4, -0.2) is 71.8 Å². The molecule has 3 aliphatic heterocycles. The molecule has 3 heterocycles. The van der Waals surface area contributed by atoms with Crippen LogP contribution in [-0.2, 0) is 38.1 Å². The SMILES string of the molecule is CCCC[C@H](CCCCC[C@@H](OC(C)=O)[C@@H]1CC[C@@H]([C@@H]2CC[C@@H]([C@@H](O)CCCCCCCCCCCCC3=C[C@@H](C)OC3=O)O2)O1)OC(C)=O. The van der Waals surface area contributed by atoms with Gasteiger partial charge in [0.15, 0.2) is 0 Å². The van der Waals surface area contributed by atoms with Crippen molar-refractivity contribution in [3.05, 3.63) is 11.6 Å². The molecule has 1 N–H and O–H groups in total. The molecule has 8 atom stereocenters. The summed E-state index contributed by atoms with van der Waals surface area (Å²) in [6, 6.07) is 0. The number of unbranched alkanes of at least 4 members (excludes halogenated alkanes) is 12. The lowest BCUT2D eigenvalue weighted by Crippen LogP contribution is -2.34. The minimum Gasteiger partial charge on any atom is -0.463 e. The van der Waals surface area contributed by atoms with Crippen molar-refractivity contribution in [2.45, 2.75) is 231 Å². The van der Waals surface area contributed by atoms with Gasteiger partial charge in [-0.1, -0.05) is 84.0 Å². The van der Waals surface area contributed by atoms with Crippen molar-refractivity contribution in [3.8, 4) is 0 Å². The summed E-state index contributed by atoms with van der Waals surface area (Å²) in [6.45, 7) is 6.99. The Kier molecular flexibility index (Phi) is 20.6. The molecule has 9 heteroatoms. The van der Waals surface area contributed by atoms with Gasteiger partial charge in [-0.25, -0.2) is 4.79 Å². The molecule has 0 unspecified atom stereocenters. The quantitative estimate of drug-likeness (QED) is 0.0507. The molecular weight excluding hydrogens is 636 g/mol. The maximum absolute atomic E-state index is 11.9. The van der Waals surface area contributed by atoms with Crippen molar-refractivity contribution >= 4 is 17.9 Å². The Morgan fingerprint density at radius 2 is 1.24 bits per heavy atom. The Balaban J connectivity index is 1.22.